The van der Waals surface area contributed by atoms with Crippen molar-refractivity contribution >= 4 is 17.5 Å². The van der Waals surface area contributed by atoms with E-state index in [4.69, 9.17) is 11.6 Å². The second-order valence-electron chi connectivity index (χ2n) is 4.81. The fourth-order valence-corrected chi connectivity index (χ4v) is 2.10. The molecular formula is C14H20ClNO2. The van der Waals surface area contributed by atoms with Crippen molar-refractivity contribution in [2.75, 3.05) is 5.88 Å². The van der Waals surface area contributed by atoms with E-state index in [-0.39, 0.29) is 17.2 Å². The smallest absolute Gasteiger partial charge is 0.251 e. The van der Waals surface area contributed by atoms with Gasteiger partial charge >= 0.3 is 0 Å². The van der Waals surface area contributed by atoms with Gasteiger partial charge in [-0.25, -0.2) is 0 Å². The van der Waals surface area contributed by atoms with Crippen molar-refractivity contribution in [3.63, 3.8) is 0 Å². The Hall–Kier alpha value is -1.22. The van der Waals surface area contributed by atoms with Crippen LogP contribution in [0.1, 0.15) is 42.6 Å². The van der Waals surface area contributed by atoms with Crippen LogP contribution in [0.2, 0.25) is 0 Å². The first-order chi connectivity index (χ1) is 8.41. The molecule has 0 aliphatic rings. The molecule has 18 heavy (non-hydrogen) atoms. The first kappa shape index (κ1) is 14.8. The van der Waals surface area contributed by atoms with Crippen LogP contribution in [0.4, 0.5) is 0 Å². The van der Waals surface area contributed by atoms with Gasteiger partial charge in [-0.2, -0.15) is 0 Å². The number of alkyl halides is 1. The summed E-state index contributed by atoms with van der Waals surface area (Å²) in [7, 11) is 0. The quantitative estimate of drug-likeness (QED) is 0.807. The summed E-state index contributed by atoms with van der Waals surface area (Å²) in [4.78, 5) is 12.1. The first-order valence-electron chi connectivity index (χ1n) is 6.10. The minimum Gasteiger partial charge on any atom is -0.508 e. The highest BCUT2D eigenvalue weighted by atomic mass is 35.5. The van der Waals surface area contributed by atoms with Gasteiger partial charge in [-0.15, -0.1) is 11.6 Å². The monoisotopic (exact) mass is 269 g/mol. The minimum atomic E-state index is -0.287. The minimum absolute atomic E-state index is 0.132. The number of halogens is 1. The summed E-state index contributed by atoms with van der Waals surface area (Å²) in [5.74, 6) is 0.581. The Morgan fingerprint density at radius 3 is 2.67 bits per heavy atom. The van der Waals surface area contributed by atoms with Crippen LogP contribution >= 0.6 is 11.6 Å². The van der Waals surface area contributed by atoms with Gasteiger partial charge in [0.05, 0.1) is 0 Å². The molecule has 2 N–H and O–H groups in total. The number of nitrogens with one attached hydrogen (secondary N) is 1. The average Bonchev–Trinajstić information content (AvgIpc) is 2.32. The molecule has 0 aliphatic heterocycles. The molecule has 0 fully saturated rings. The van der Waals surface area contributed by atoms with Crippen molar-refractivity contribution in [1.29, 1.82) is 0 Å². The van der Waals surface area contributed by atoms with Crippen molar-refractivity contribution in [1.82, 2.24) is 5.32 Å². The van der Waals surface area contributed by atoms with Crippen molar-refractivity contribution in [2.45, 2.75) is 39.2 Å². The molecular weight excluding hydrogens is 250 g/mol. The van der Waals surface area contributed by atoms with E-state index in [0.29, 0.717) is 17.0 Å². The third-order valence-corrected chi connectivity index (χ3v) is 3.49. The summed E-state index contributed by atoms with van der Waals surface area (Å²) >= 11 is 5.76. The van der Waals surface area contributed by atoms with Crippen molar-refractivity contribution < 1.29 is 9.90 Å². The third-order valence-electron chi connectivity index (χ3n) is 3.30. The normalized spacial score (nSPS) is 14.0. The molecule has 0 aromatic heterocycles. The molecule has 0 bridgehead atoms. The van der Waals surface area contributed by atoms with Gasteiger partial charge in [0.1, 0.15) is 5.75 Å². The number of carbonyl (C=O) groups is 1. The molecule has 1 aromatic rings. The topological polar surface area (TPSA) is 49.3 Å². The fourth-order valence-electron chi connectivity index (χ4n) is 1.68. The summed E-state index contributed by atoms with van der Waals surface area (Å²) in [6.45, 7) is 5.78. The van der Waals surface area contributed by atoms with Crippen LogP contribution in [0.3, 0.4) is 0 Å². The number of rotatable bonds is 5. The van der Waals surface area contributed by atoms with Crippen LogP contribution in [0.25, 0.3) is 0 Å². The highest BCUT2D eigenvalue weighted by Crippen LogP contribution is 2.19. The van der Waals surface area contributed by atoms with Crippen LogP contribution in [-0.4, -0.2) is 22.4 Å². The van der Waals surface area contributed by atoms with Crippen molar-refractivity contribution in [2.24, 2.45) is 0 Å². The first-order valence-corrected chi connectivity index (χ1v) is 6.63. The van der Waals surface area contributed by atoms with Crippen LogP contribution in [0, 0.1) is 6.92 Å². The number of hydrogen-bond acceptors (Lipinski definition) is 2. The van der Waals surface area contributed by atoms with Gasteiger partial charge in [0, 0.05) is 17.0 Å². The molecule has 1 aromatic carbocycles. The Morgan fingerprint density at radius 2 is 2.17 bits per heavy atom. The van der Waals surface area contributed by atoms with Gasteiger partial charge in [-0.3, -0.25) is 4.79 Å². The summed E-state index contributed by atoms with van der Waals surface area (Å²) in [5.41, 5.74) is 0.961. The Bertz CT molecular complexity index is 434. The van der Waals surface area contributed by atoms with Crippen molar-refractivity contribution in [3.8, 4) is 5.75 Å². The summed E-state index contributed by atoms with van der Waals surface area (Å²) in [6.07, 6.45) is 1.55. The van der Waals surface area contributed by atoms with Gasteiger partial charge < -0.3 is 10.4 Å². The molecule has 100 valence electrons. The molecule has 0 saturated carbocycles. The number of amides is 1. The Balaban J connectivity index is 2.84. The van der Waals surface area contributed by atoms with E-state index in [0.717, 1.165) is 12.8 Å². The lowest BCUT2D eigenvalue weighted by atomic mass is 9.95. The molecule has 0 spiro atoms. The number of hydrogen-bond donors (Lipinski definition) is 2. The van der Waals surface area contributed by atoms with Gasteiger partial charge in [0.15, 0.2) is 0 Å². The fraction of sp³-hybridized carbons (Fsp3) is 0.500. The van der Waals surface area contributed by atoms with E-state index in [9.17, 15) is 9.90 Å². The number of carbonyl (C=O) groups excluding carboxylic acids is 1. The Morgan fingerprint density at radius 1 is 1.50 bits per heavy atom. The maximum absolute atomic E-state index is 12.1. The van der Waals surface area contributed by atoms with E-state index >= 15 is 0 Å². The van der Waals surface area contributed by atoms with Gasteiger partial charge in [0.25, 0.3) is 5.91 Å². The van der Waals surface area contributed by atoms with Gasteiger partial charge in [0.2, 0.25) is 0 Å². The van der Waals surface area contributed by atoms with Gasteiger partial charge in [-0.05, 0) is 50.5 Å². The highest BCUT2D eigenvalue weighted by molar-refractivity contribution is 6.17. The summed E-state index contributed by atoms with van der Waals surface area (Å²) < 4.78 is 0. The number of aryl methyl sites for hydroxylation is 1. The van der Waals surface area contributed by atoms with E-state index in [1.807, 2.05) is 13.8 Å². The highest BCUT2D eigenvalue weighted by Gasteiger charge is 2.24. The molecule has 0 saturated heterocycles. The van der Waals surface area contributed by atoms with E-state index < -0.39 is 0 Å². The number of phenols is 1. The molecule has 1 unspecified atom stereocenters. The summed E-state index contributed by atoms with van der Waals surface area (Å²) in [6, 6.07) is 4.84. The third kappa shape index (κ3) is 3.64. The molecule has 1 atom stereocenters. The predicted molar refractivity (Wildman–Crippen MR) is 74.3 cm³/mol. The van der Waals surface area contributed by atoms with Crippen LogP contribution in [0.15, 0.2) is 18.2 Å². The zero-order valence-electron chi connectivity index (χ0n) is 11.1. The van der Waals surface area contributed by atoms with E-state index in [1.54, 1.807) is 19.1 Å². The standard InChI is InChI=1S/C14H20ClNO2/c1-4-14(3,7-8-15)16-13(18)11-5-6-12(17)10(2)9-11/h5-6,9,17H,4,7-8H2,1-3H3,(H,16,18). The van der Waals surface area contributed by atoms with Crippen molar-refractivity contribution in [3.05, 3.63) is 29.3 Å². The molecule has 1 rings (SSSR count). The van der Waals surface area contributed by atoms with Crippen LogP contribution in [0.5, 0.6) is 5.75 Å². The number of phenolic OH excluding ortho intramolecular Hbond substituents is 1. The molecule has 1 amide bonds. The van der Waals surface area contributed by atoms with Gasteiger partial charge in [-0.1, -0.05) is 6.92 Å². The molecule has 4 heteroatoms. The zero-order chi connectivity index (χ0) is 13.8. The van der Waals surface area contributed by atoms with E-state index in [2.05, 4.69) is 5.32 Å². The maximum atomic E-state index is 12.1. The average molecular weight is 270 g/mol. The second-order valence-corrected chi connectivity index (χ2v) is 5.19. The molecule has 0 radical (unpaired) electrons. The molecule has 3 nitrogen and oxygen atoms in total. The lowest BCUT2D eigenvalue weighted by molar-refractivity contribution is 0.0901. The Labute approximate surface area is 113 Å². The SMILES string of the molecule is CCC(C)(CCCl)NC(=O)c1ccc(O)c(C)c1. The largest absolute Gasteiger partial charge is 0.508 e. The lowest BCUT2D eigenvalue weighted by Gasteiger charge is -2.29. The maximum Gasteiger partial charge on any atom is 0.251 e. The Kier molecular flexibility index (Phi) is 5.03. The summed E-state index contributed by atoms with van der Waals surface area (Å²) in [5, 5.41) is 12.4. The number of benzene rings is 1. The second kappa shape index (κ2) is 6.10. The predicted octanol–water partition coefficient (Wildman–Crippen LogP) is 3.23. The van der Waals surface area contributed by atoms with Crippen LogP contribution < -0.4 is 5.32 Å². The van der Waals surface area contributed by atoms with Crippen LogP contribution in [-0.2, 0) is 0 Å². The number of aromatic hydroxyl groups is 1. The molecule has 0 aliphatic carbocycles. The van der Waals surface area contributed by atoms with E-state index in [1.165, 1.54) is 6.07 Å². The molecule has 0 heterocycles. The zero-order valence-corrected chi connectivity index (χ0v) is 11.8. The lowest BCUT2D eigenvalue weighted by Crippen LogP contribution is -2.45.